The smallest absolute Gasteiger partial charge is 0.219 e. The Balaban J connectivity index is 2.71. The van der Waals surface area contributed by atoms with Gasteiger partial charge < -0.3 is 15.2 Å². The molecule has 0 radical (unpaired) electrons. The molecule has 1 rings (SSSR count). The van der Waals surface area contributed by atoms with Crippen molar-refractivity contribution in [2.45, 2.75) is 18.2 Å². The minimum Gasteiger partial charge on any atom is -0.472 e. The van der Waals surface area contributed by atoms with Crippen LogP contribution in [0.1, 0.15) is 6.92 Å². The molecule has 1 aromatic rings. The largest absolute Gasteiger partial charge is 0.472 e. The fraction of sp³-hybridized carbons (Fsp3) is 0.556. The molecule has 1 aromatic heterocycles. The number of anilines is 1. The van der Waals surface area contributed by atoms with Gasteiger partial charge in [-0.3, -0.25) is 0 Å². The van der Waals surface area contributed by atoms with Gasteiger partial charge in [-0.05, 0) is 13.2 Å². The summed E-state index contributed by atoms with van der Waals surface area (Å²) >= 11 is 1.42. The van der Waals surface area contributed by atoms with Gasteiger partial charge in [-0.15, -0.1) is 0 Å². The van der Waals surface area contributed by atoms with E-state index in [-0.39, 0.29) is 6.10 Å². The maximum Gasteiger partial charge on any atom is 0.219 e. The molecule has 0 aliphatic carbocycles. The lowest BCUT2D eigenvalue weighted by atomic mass is 10.4. The van der Waals surface area contributed by atoms with Crippen LogP contribution in [-0.2, 0) is 4.74 Å². The maximum atomic E-state index is 5.61. The number of ether oxygens (including phenoxy) is 2. The van der Waals surface area contributed by atoms with Crippen molar-refractivity contribution in [1.82, 2.24) is 9.97 Å². The zero-order valence-electron chi connectivity index (χ0n) is 9.06. The standard InChI is InChI=1S/C9H15N3O2S/c1-6(5-13-2)14-8-4-7(10)11-9(12-8)15-3/h4,6H,5H2,1-3H3,(H2,10,11,12). The first kappa shape index (κ1) is 12.1. The normalized spacial score (nSPS) is 12.5. The van der Waals surface area contributed by atoms with E-state index in [9.17, 15) is 0 Å². The second-order valence-corrected chi connectivity index (χ2v) is 3.77. The van der Waals surface area contributed by atoms with E-state index in [1.54, 1.807) is 13.2 Å². The second kappa shape index (κ2) is 5.77. The van der Waals surface area contributed by atoms with Gasteiger partial charge in [0.05, 0.1) is 6.61 Å². The van der Waals surface area contributed by atoms with Gasteiger partial charge in [-0.1, -0.05) is 11.8 Å². The molecule has 1 unspecified atom stereocenters. The molecule has 0 saturated heterocycles. The van der Waals surface area contributed by atoms with E-state index in [2.05, 4.69) is 9.97 Å². The van der Waals surface area contributed by atoms with E-state index in [4.69, 9.17) is 15.2 Å². The second-order valence-electron chi connectivity index (χ2n) is 3.00. The molecule has 0 fully saturated rings. The highest BCUT2D eigenvalue weighted by molar-refractivity contribution is 7.98. The summed E-state index contributed by atoms with van der Waals surface area (Å²) in [6.45, 7) is 2.42. The zero-order chi connectivity index (χ0) is 11.3. The van der Waals surface area contributed by atoms with Gasteiger partial charge in [0.1, 0.15) is 11.9 Å². The Hall–Kier alpha value is -1.01. The number of thioether (sulfide) groups is 1. The minimum absolute atomic E-state index is 0.0565. The Morgan fingerprint density at radius 3 is 2.87 bits per heavy atom. The van der Waals surface area contributed by atoms with Crippen molar-refractivity contribution >= 4 is 17.6 Å². The number of nitrogens with zero attached hydrogens (tertiary/aromatic N) is 2. The fourth-order valence-corrected chi connectivity index (χ4v) is 1.43. The number of hydrogen-bond donors (Lipinski definition) is 1. The summed E-state index contributed by atoms with van der Waals surface area (Å²) in [5.41, 5.74) is 5.61. The first-order valence-corrected chi connectivity index (χ1v) is 5.72. The van der Waals surface area contributed by atoms with E-state index in [1.165, 1.54) is 11.8 Å². The number of hydrogen-bond acceptors (Lipinski definition) is 6. The van der Waals surface area contributed by atoms with Crippen molar-refractivity contribution in [2.75, 3.05) is 25.7 Å². The number of methoxy groups -OCH3 is 1. The molecule has 5 nitrogen and oxygen atoms in total. The topological polar surface area (TPSA) is 70.3 Å². The molecule has 1 atom stereocenters. The Morgan fingerprint density at radius 1 is 1.53 bits per heavy atom. The minimum atomic E-state index is -0.0565. The highest BCUT2D eigenvalue weighted by atomic mass is 32.2. The van der Waals surface area contributed by atoms with Crippen LogP contribution in [0.4, 0.5) is 5.82 Å². The number of rotatable bonds is 5. The van der Waals surface area contributed by atoms with Crippen molar-refractivity contribution in [1.29, 1.82) is 0 Å². The van der Waals surface area contributed by atoms with Crippen molar-refractivity contribution < 1.29 is 9.47 Å². The predicted molar refractivity (Wildman–Crippen MR) is 60.2 cm³/mol. The molecule has 1 heterocycles. The molecule has 84 valence electrons. The van der Waals surface area contributed by atoms with Gasteiger partial charge in [0, 0.05) is 13.2 Å². The molecular weight excluding hydrogens is 214 g/mol. The Morgan fingerprint density at radius 2 is 2.27 bits per heavy atom. The Kier molecular flexibility index (Phi) is 4.64. The molecule has 0 aliphatic heterocycles. The molecule has 2 N–H and O–H groups in total. The van der Waals surface area contributed by atoms with Crippen LogP contribution in [0.25, 0.3) is 0 Å². The molecule has 0 spiro atoms. The Bertz CT molecular complexity index is 322. The lowest BCUT2D eigenvalue weighted by Crippen LogP contribution is -2.18. The third-order valence-corrected chi connectivity index (χ3v) is 2.16. The molecular formula is C9H15N3O2S. The SMILES string of the molecule is COCC(C)Oc1cc(N)nc(SC)n1. The highest BCUT2D eigenvalue weighted by Gasteiger charge is 2.07. The lowest BCUT2D eigenvalue weighted by Gasteiger charge is -2.13. The van der Waals surface area contributed by atoms with E-state index < -0.39 is 0 Å². The van der Waals surface area contributed by atoms with Gasteiger partial charge in [0.25, 0.3) is 0 Å². The third-order valence-electron chi connectivity index (χ3n) is 1.61. The van der Waals surface area contributed by atoms with Crippen molar-refractivity contribution in [2.24, 2.45) is 0 Å². The average Bonchev–Trinajstić information content (AvgIpc) is 2.17. The summed E-state index contributed by atoms with van der Waals surface area (Å²) in [6, 6.07) is 1.60. The number of aromatic nitrogens is 2. The summed E-state index contributed by atoms with van der Waals surface area (Å²) in [7, 11) is 1.63. The molecule has 6 heteroatoms. The van der Waals surface area contributed by atoms with Crippen molar-refractivity contribution in [3.63, 3.8) is 0 Å². The van der Waals surface area contributed by atoms with Crippen LogP contribution in [0.15, 0.2) is 11.2 Å². The summed E-state index contributed by atoms with van der Waals surface area (Å²) in [5, 5.41) is 0.606. The van der Waals surface area contributed by atoms with Crippen LogP contribution in [0.2, 0.25) is 0 Å². The first-order chi connectivity index (χ1) is 7.15. The number of nitrogens with two attached hydrogens (primary N) is 1. The van der Waals surface area contributed by atoms with Crippen molar-refractivity contribution in [3.05, 3.63) is 6.07 Å². The van der Waals surface area contributed by atoms with Gasteiger partial charge in [0.2, 0.25) is 5.88 Å². The van der Waals surface area contributed by atoms with Crippen LogP contribution in [-0.4, -0.2) is 36.0 Å². The van der Waals surface area contributed by atoms with Gasteiger partial charge in [0.15, 0.2) is 5.16 Å². The van der Waals surface area contributed by atoms with E-state index in [1.807, 2.05) is 13.2 Å². The first-order valence-electron chi connectivity index (χ1n) is 4.50. The van der Waals surface area contributed by atoms with Gasteiger partial charge in [-0.2, -0.15) is 4.98 Å². The summed E-state index contributed by atoms with van der Waals surface area (Å²) < 4.78 is 10.5. The monoisotopic (exact) mass is 229 g/mol. The van der Waals surface area contributed by atoms with Crippen LogP contribution >= 0.6 is 11.8 Å². The summed E-state index contributed by atoms with van der Waals surface area (Å²) in [5.74, 6) is 0.894. The number of nitrogen functional groups attached to an aromatic ring is 1. The molecule has 0 aliphatic rings. The van der Waals surface area contributed by atoms with Crippen LogP contribution < -0.4 is 10.5 Å². The highest BCUT2D eigenvalue weighted by Crippen LogP contribution is 2.17. The lowest BCUT2D eigenvalue weighted by molar-refractivity contribution is 0.0884. The molecule has 0 amide bonds. The third kappa shape index (κ3) is 3.93. The molecule has 15 heavy (non-hydrogen) atoms. The molecule has 0 bridgehead atoms. The van der Waals surface area contributed by atoms with Crippen molar-refractivity contribution in [3.8, 4) is 5.88 Å². The Labute approximate surface area is 93.4 Å². The fourth-order valence-electron chi connectivity index (χ4n) is 1.05. The van der Waals surface area contributed by atoms with E-state index >= 15 is 0 Å². The van der Waals surface area contributed by atoms with Crippen LogP contribution in [0.5, 0.6) is 5.88 Å². The quantitative estimate of drug-likeness (QED) is 0.604. The maximum absolute atomic E-state index is 5.61. The van der Waals surface area contributed by atoms with Gasteiger partial charge in [-0.25, -0.2) is 4.98 Å². The summed E-state index contributed by atoms with van der Waals surface area (Å²) in [4.78, 5) is 8.19. The average molecular weight is 229 g/mol. The molecule has 0 aromatic carbocycles. The van der Waals surface area contributed by atoms with Crippen LogP contribution in [0, 0.1) is 0 Å². The predicted octanol–water partition coefficient (Wildman–Crippen LogP) is 1.19. The van der Waals surface area contributed by atoms with Crippen LogP contribution in [0.3, 0.4) is 0 Å². The zero-order valence-corrected chi connectivity index (χ0v) is 9.87. The summed E-state index contributed by atoms with van der Waals surface area (Å²) in [6.07, 6.45) is 1.83. The van der Waals surface area contributed by atoms with E-state index in [0.29, 0.717) is 23.5 Å². The van der Waals surface area contributed by atoms with E-state index in [0.717, 1.165) is 0 Å². The molecule has 0 saturated carbocycles. The van der Waals surface area contributed by atoms with Gasteiger partial charge >= 0.3 is 0 Å².